The molecular formula is C9H16N2S. The first-order chi connectivity index (χ1) is 5.86. The Morgan fingerprint density at radius 2 is 2.33 bits per heavy atom. The van der Waals surface area contributed by atoms with E-state index >= 15 is 0 Å². The lowest BCUT2D eigenvalue weighted by Gasteiger charge is -1.91. The highest BCUT2D eigenvalue weighted by atomic mass is 32.1. The summed E-state index contributed by atoms with van der Waals surface area (Å²) in [6.45, 7) is 2.92. The van der Waals surface area contributed by atoms with E-state index in [-0.39, 0.29) is 0 Å². The molecule has 0 amide bonds. The molecule has 0 bridgehead atoms. The molecule has 12 heavy (non-hydrogen) atoms. The predicted octanol–water partition coefficient (Wildman–Crippen LogP) is 1.99. The molecule has 0 radical (unpaired) electrons. The maximum Gasteiger partial charge on any atom is 0.0940 e. The van der Waals surface area contributed by atoms with Gasteiger partial charge >= 0.3 is 0 Å². The third kappa shape index (κ3) is 2.91. The Bertz CT molecular complexity index is 220. The Balaban J connectivity index is 2.41. The van der Waals surface area contributed by atoms with Gasteiger partial charge in [0.2, 0.25) is 0 Å². The monoisotopic (exact) mass is 184 g/mol. The Hall–Kier alpha value is -0.410. The van der Waals surface area contributed by atoms with Gasteiger partial charge in [-0.05, 0) is 19.4 Å². The molecule has 0 atom stereocenters. The number of rotatable bonds is 5. The molecule has 0 aliphatic heterocycles. The van der Waals surface area contributed by atoms with Crippen LogP contribution in [0.2, 0.25) is 0 Å². The van der Waals surface area contributed by atoms with E-state index in [4.69, 9.17) is 5.73 Å². The fourth-order valence-electron chi connectivity index (χ4n) is 1.05. The molecule has 0 fully saturated rings. The topological polar surface area (TPSA) is 38.9 Å². The van der Waals surface area contributed by atoms with Crippen LogP contribution in [-0.4, -0.2) is 11.5 Å². The number of hydrogen-bond donors (Lipinski definition) is 1. The number of aryl methyl sites for hydroxylation is 1. The molecule has 0 saturated heterocycles. The van der Waals surface area contributed by atoms with Crippen LogP contribution in [0.1, 0.15) is 29.7 Å². The molecule has 68 valence electrons. The fourth-order valence-corrected chi connectivity index (χ4v) is 2.03. The zero-order valence-electron chi connectivity index (χ0n) is 7.55. The predicted molar refractivity (Wildman–Crippen MR) is 53.5 cm³/mol. The standard InChI is InChI=1S/C9H16N2S/c1-2-3-4-8-7-11-9(12-8)5-6-10/h7H,2-6,10H2,1H3. The molecule has 0 aliphatic carbocycles. The van der Waals surface area contributed by atoms with E-state index in [0.29, 0.717) is 6.54 Å². The molecule has 1 rings (SSSR count). The summed E-state index contributed by atoms with van der Waals surface area (Å²) in [5.41, 5.74) is 5.44. The maximum absolute atomic E-state index is 5.44. The number of nitrogens with two attached hydrogens (primary N) is 1. The summed E-state index contributed by atoms with van der Waals surface area (Å²) in [6.07, 6.45) is 6.62. The van der Waals surface area contributed by atoms with Crippen molar-refractivity contribution in [1.82, 2.24) is 4.98 Å². The number of unbranched alkanes of at least 4 members (excludes halogenated alkanes) is 1. The summed E-state index contributed by atoms with van der Waals surface area (Å²) in [6, 6.07) is 0. The molecule has 0 spiro atoms. The molecule has 0 aliphatic rings. The lowest BCUT2D eigenvalue weighted by atomic mass is 10.2. The SMILES string of the molecule is CCCCc1cnc(CCN)s1. The van der Waals surface area contributed by atoms with E-state index in [0.717, 1.165) is 6.42 Å². The third-order valence-electron chi connectivity index (χ3n) is 1.74. The van der Waals surface area contributed by atoms with Gasteiger partial charge in [-0.3, -0.25) is 0 Å². The summed E-state index contributed by atoms with van der Waals surface area (Å²) in [5.74, 6) is 0. The van der Waals surface area contributed by atoms with Crippen LogP contribution in [-0.2, 0) is 12.8 Å². The van der Waals surface area contributed by atoms with Gasteiger partial charge in [-0.15, -0.1) is 11.3 Å². The van der Waals surface area contributed by atoms with Gasteiger partial charge < -0.3 is 5.73 Å². The molecule has 1 aromatic heterocycles. The minimum Gasteiger partial charge on any atom is -0.330 e. The number of hydrogen-bond acceptors (Lipinski definition) is 3. The highest BCUT2D eigenvalue weighted by Gasteiger charge is 1.99. The Morgan fingerprint density at radius 1 is 1.50 bits per heavy atom. The van der Waals surface area contributed by atoms with Crippen molar-refractivity contribution in [2.45, 2.75) is 32.6 Å². The molecule has 0 aromatic carbocycles. The van der Waals surface area contributed by atoms with E-state index < -0.39 is 0 Å². The first-order valence-corrected chi connectivity index (χ1v) is 5.32. The van der Waals surface area contributed by atoms with E-state index in [9.17, 15) is 0 Å². The second-order valence-electron chi connectivity index (χ2n) is 2.86. The van der Waals surface area contributed by atoms with Crippen LogP contribution >= 0.6 is 11.3 Å². The van der Waals surface area contributed by atoms with Gasteiger partial charge in [-0.25, -0.2) is 4.98 Å². The van der Waals surface area contributed by atoms with Gasteiger partial charge in [0, 0.05) is 17.5 Å². The second-order valence-corrected chi connectivity index (χ2v) is 4.06. The minimum atomic E-state index is 0.709. The van der Waals surface area contributed by atoms with Crippen molar-refractivity contribution in [3.63, 3.8) is 0 Å². The van der Waals surface area contributed by atoms with E-state index in [1.165, 1.54) is 29.1 Å². The average Bonchev–Trinajstić information content (AvgIpc) is 2.50. The first-order valence-electron chi connectivity index (χ1n) is 4.50. The van der Waals surface area contributed by atoms with Gasteiger partial charge in [0.1, 0.15) is 0 Å². The molecule has 3 heteroatoms. The van der Waals surface area contributed by atoms with Crippen molar-refractivity contribution >= 4 is 11.3 Å². The second kappa shape index (κ2) is 5.27. The Labute approximate surface area is 77.8 Å². The highest BCUT2D eigenvalue weighted by Crippen LogP contribution is 2.15. The van der Waals surface area contributed by atoms with Crippen molar-refractivity contribution in [2.24, 2.45) is 5.73 Å². The summed E-state index contributed by atoms with van der Waals surface area (Å²) in [7, 11) is 0. The van der Waals surface area contributed by atoms with Gasteiger partial charge in [-0.2, -0.15) is 0 Å². The smallest absolute Gasteiger partial charge is 0.0940 e. The maximum atomic E-state index is 5.44. The van der Waals surface area contributed by atoms with Crippen LogP contribution < -0.4 is 5.73 Å². The van der Waals surface area contributed by atoms with Crippen LogP contribution in [0.4, 0.5) is 0 Å². The lowest BCUT2D eigenvalue weighted by Crippen LogP contribution is -2.01. The summed E-state index contributed by atoms with van der Waals surface area (Å²) < 4.78 is 0. The minimum absolute atomic E-state index is 0.709. The van der Waals surface area contributed by atoms with E-state index in [2.05, 4.69) is 11.9 Å². The quantitative estimate of drug-likeness (QED) is 0.760. The van der Waals surface area contributed by atoms with Gasteiger partial charge in [0.15, 0.2) is 0 Å². The van der Waals surface area contributed by atoms with Crippen molar-refractivity contribution in [1.29, 1.82) is 0 Å². The first kappa shape index (κ1) is 9.68. The molecule has 0 unspecified atom stereocenters. The van der Waals surface area contributed by atoms with Crippen molar-refractivity contribution in [3.05, 3.63) is 16.1 Å². The van der Waals surface area contributed by atoms with Crippen molar-refractivity contribution in [3.8, 4) is 0 Å². The highest BCUT2D eigenvalue weighted by molar-refractivity contribution is 7.11. The summed E-state index contributed by atoms with van der Waals surface area (Å²) >= 11 is 1.81. The van der Waals surface area contributed by atoms with E-state index in [1.54, 1.807) is 11.3 Å². The van der Waals surface area contributed by atoms with Crippen LogP contribution in [0.5, 0.6) is 0 Å². The molecule has 2 nitrogen and oxygen atoms in total. The van der Waals surface area contributed by atoms with Crippen molar-refractivity contribution in [2.75, 3.05) is 6.54 Å². The number of aromatic nitrogens is 1. The summed E-state index contributed by atoms with van der Waals surface area (Å²) in [5, 5.41) is 1.18. The molecular weight excluding hydrogens is 168 g/mol. The number of thiazole rings is 1. The molecule has 1 heterocycles. The van der Waals surface area contributed by atoms with Gasteiger partial charge in [-0.1, -0.05) is 13.3 Å². The van der Waals surface area contributed by atoms with Crippen LogP contribution in [0.15, 0.2) is 6.20 Å². The normalized spacial score (nSPS) is 10.5. The number of nitrogens with zero attached hydrogens (tertiary/aromatic N) is 1. The van der Waals surface area contributed by atoms with Crippen LogP contribution in [0.3, 0.4) is 0 Å². The lowest BCUT2D eigenvalue weighted by molar-refractivity contribution is 0.802. The zero-order valence-corrected chi connectivity index (χ0v) is 8.36. The van der Waals surface area contributed by atoms with Gasteiger partial charge in [0.25, 0.3) is 0 Å². The largest absolute Gasteiger partial charge is 0.330 e. The summed E-state index contributed by atoms with van der Waals surface area (Å²) in [4.78, 5) is 5.70. The van der Waals surface area contributed by atoms with Gasteiger partial charge in [0.05, 0.1) is 5.01 Å². The van der Waals surface area contributed by atoms with Crippen LogP contribution in [0.25, 0.3) is 0 Å². The van der Waals surface area contributed by atoms with E-state index in [1.807, 2.05) is 6.20 Å². The molecule has 2 N–H and O–H groups in total. The van der Waals surface area contributed by atoms with Crippen molar-refractivity contribution < 1.29 is 0 Å². The average molecular weight is 184 g/mol. The fraction of sp³-hybridized carbons (Fsp3) is 0.667. The third-order valence-corrected chi connectivity index (χ3v) is 2.85. The molecule has 1 aromatic rings. The Morgan fingerprint density at radius 3 is 3.00 bits per heavy atom. The van der Waals surface area contributed by atoms with Crippen LogP contribution in [0, 0.1) is 0 Å². The zero-order chi connectivity index (χ0) is 8.81. The Kier molecular flexibility index (Phi) is 4.25. The molecule has 0 saturated carbocycles.